The molecule has 0 amide bonds. The lowest BCUT2D eigenvalue weighted by Crippen LogP contribution is -2.25. The third-order valence-electron chi connectivity index (χ3n) is 3.55. The highest BCUT2D eigenvalue weighted by atomic mass is 35.5. The zero-order valence-corrected chi connectivity index (χ0v) is 15.8. The van der Waals surface area contributed by atoms with Crippen LogP contribution in [0.4, 0.5) is 5.69 Å². The molecule has 126 valence electrons. The molecule has 0 bridgehead atoms. The van der Waals surface area contributed by atoms with Crippen molar-refractivity contribution in [1.29, 1.82) is 0 Å². The lowest BCUT2D eigenvalue weighted by molar-refractivity contribution is 0.345. The van der Waals surface area contributed by atoms with E-state index in [2.05, 4.69) is 9.82 Å². The predicted molar refractivity (Wildman–Crippen MR) is 93.7 cm³/mol. The first-order chi connectivity index (χ1) is 10.4. The fraction of sp³-hybridized carbons (Fsp3) is 0.438. The summed E-state index contributed by atoms with van der Waals surface area (Å²) in [5, 5.41) is 4.91. The number of rotatable bonds is 3. The Balaban J connectivity index is 2.48. The molecular formula is C16H22ClN3O2S. The molecule has 0 saturated carbocycles. The number of nitrogens with one attached hydrogen (secondary N) is 1. The highest BCUT2D eigenvalue weighted by Gasteiger charge is 2.28. The summed E-state index contributed by atoms with van der Waals surface area (Å²) < 4.78 is 29.9. The Morgan fingerprint density at radius 3 is 2.26 bits per heavy atom. The number of aryl methyl sites for hydroxylation is 2. The molecule has 0 atom stereocenters. The Morgan fingerprint density at radius 2 is 1.78 bits per heavy atom. The number of benzene rings is 1. The number of anilines is 1. The largest absolute Gasteiger partial charge is 0.279 e. The molecule has 0 saturated heterocycles. The van der Waals surface area contributed by atoms with Crippen LogP contribution in [0, 0.1) is 20.8 Å². The summed E-state index contributed by atoms with van der Waals surface area (Å²) in [6.45, 7) is 11.3. The lowest BCUT2D eigenvalue weighted by atomic mass is 10.1. The van der Waals surface area contributed by atoms with Crippen LogP contribution in [0.25, 0.3) is 0 Å². The van der Waals surface area contributed by atoms with Gasteiger partial charge in [0.15, 0.2) is 0 Å². The standard InChI is InChI=1S/C16H22ClN3O2S/c1-10-7-8-13(9-14(10)17)19-23(21,22)15-11(2)18-20(12(15)3)16(4,5)6/h7-9,19H,1-6H3. The van der Waals surface area contributed by atoms with Crippen LogP contribution in [0.15, 0.2) is 23.1 Å². The van der Waals surface area contributed by atoms with Gasteiger partial charge < -0.3 is 0 Å². The van der Waals surface area contributed by atoms with Crippen molar-refractivity contribution >= 4 is 27.3 Å². The van der Waals surface area contributed by atoms with Gasteiger partial charge in [-0.05, 0) is 59.2 Å². The Morgan fingerprint density at radius 1 is 1.17 bits per heavy atom. The molecule has 0 spiro atoms. The molecule has 2 rings (SSSR count). The molecule has 7 heteroatoms. The molecule has 0 unspecified atom stereocenters. The first-order valence-electron chi connectivity index (χ1n) is 7.29. The third kappa shape index (κ3) is 3.53. The maximum absolute atomic E-state index is 12.8. The predicted octanol–water partition coefficient (Wildman–Crippen LogP) is 4.02. The second-order valence-electron chi connectivity index (χ2n) is 6.65. The monoisotopic (exact) mass is 355 g/mol. The van der Waals surface area contributed by atoms with Crippen molar-refractivity contribution in [3.05, 3.63) is 40.2 Å². The molecule has 0 aliphatic heterocycles. The number of halogens is 1. The van der Waals surface area contributed by atoms with E-state index >= 15 is 0 Å². The minimum Gasteiger partial charge on any atom is -0.279 e. The molecule has 0 aliphatic carbocycles. The molecule has 1 N–H and O–H groups in total. The smallest absolute Gasteiger partial charge is 0.265 e. The quantitative estimate of drug-likeness (QED) is 0.904. The lowest BCUT2D eigenvalue weighted by Gasteiger charge is -2.21. The molecule has 2 aromatic rings. The average molecular weight is 356 g/mol. The zero-order valence-electron chi connectivity index (χ0n) is 14.2. The Bertz CT molecular complexity index is 849. The van der Waals surface area contributed by atoms with Crippen LogP contribution < -0.4 is 4.72 Å². The van der Waals surface area contributed by atoms with Crippen LogP contribution in [0.1, 0.15) is 37.7 Å². The maximum atomic E-state index is 12.8. The van der Waals surface area contributed by atoms with Gasteiger partial charge in [0.2, 0.25) is 0 Å². The molecule has 1 aromatic carbocycles. The normalized spacial score (nSPS) is 12.5. The van der Waals surface area contributed by atoms with E-state index < -0.39 is 10.0 Å². The second-order valence-corrected chi connectivity index (χ2v) is 8.68. The first-order valence-corrected chi connectivity index (χ1v) is 9.15. The summed E-state index contributed by atoms with van der Waals surface area (Å²) in [6, 6.07) is 5.07. The Labute approximate surface area is 142 Å². The molecule has 1 heterocycles. The Hall–Kier alpha value is -1.53. The number of sulfonamides is 1. The molecule has 0 radical (unpaired) electrons. The molecular weight excluding hydrogens is 334 g/mol. The van der Waals surface area contributed by atoms with Crippen molar-refractivity contribution in [1.82, 2.24) is 9.78 Å². The molecule has 0 aliphatic rings. The van der Waals surface area contributed by atoms with Crippen molar-refractivity contribution in [3.63, 3.8) is 0 Å². The van der Waals surface area contributed by atoms with Gasteiger partial charge in [-0.25, -0.2) is 8.42 Å². The van der Waals surface area contributed by atoms with E-state index in [0.29, 0.717) is 22.1 Å². The summed E-state index contributed by atoms with van der Waals surface area (Å²) >= 11 is 6.06. The molecule has 5 nitrogen and oxygen atoms in total. The molecule has 1 aromatic heterocycles. The van der Waals surface area contributed by atoms with Gasteiger partial charge in [0.05, 0.1) is 22.6 Å². The van der Waals surface area contributed by atoms with Crippen molar-refractivity contribution in [3.8, 4) is 0 Å². The van der Waals surface area contributed by atoms with Crippen LogP contribution in [0.5, 0.6) is 0 Å². The van der Waals surface area contributed by atoms with Crippen LogP contribution in [0.2, 0.25) is 5.02 Å². The van der Waals surface area contributed by atoms with Crippen molar-refractivity contribution in [2.45, 2.75) is 52.0 Å². The van der Waals surface area contributed by atoms with Gasteiger partial charge >= 0.3 is 0 Å². The van der Waals surface area contributed by atoms with Gasteiger partial charge in [-0.15, -0.1) is 0 Å². The van der Waals surface area contributed by atoms with E-state index in [1.807, 2.05) is 27.7 Å². The number of aromatic nitrogens is 2. The van der Waals surface area contributed by atoms with Gasteiger partial charge in [-0.3, -0.25) is 9.40 Å². The highest BCUT2D eigenvalue weighted by molar-refractivity contribution is 7.92. The van der Waals surface area contributed by atoms with Gasteiger partial charge in [0.1, 0.15) is 4.90 Å². The maximum Gasteiger partial charge on any atom is 0.265 e. The van der Waals surface area contributed by atoms with Crippen molar-refractivity contribution in [2.24, 2.45) is 0 Å². The minimum absolute atomic E-state index is 0.212. The fourth-order valence-electron chi connectivity index (χ4n) is 2.53. The molecule has 0 fully saturated rings. The van der Waals surface area contributed by atoms with Crippen LogP contribution in [-0.4, -0.2) is 18.2 Å². The summed E-state index contributed by atoms with van der Waals surface area (Å²) in [7, 11) is -3.74. The van der Waals surface area contributed by atoms with Crippen molar-refractivity contribution in [2.75, 3.05) is 4.72 Å². The summed E-state index contributed by atoms with van der Waals surface area (Å²) in [6.07, 6.45) is 0. The van der Waals surface area contributed by atoms with E-state index in [0.717, 1.165) is 5.56 Å². The van der Waals surface area contributed by atoms with Gasteiger partial charge in [0.25, 0.3) is 10.0 Å². The zero-order chi connectivity index (χ0) is 17.6. The SMILES string of the molecule is Cc1ccc(NS(=O)(=O)c2c(C)nn(C(C)(C)C)c2C)cc1Cl. The van der Waals surface area contributed by atoms with E-state index in [4.69, 9.17) is 11.6 Å². The van der Waals surface area contributed by atoms with E-state index in [9.17, 15) is 8.42 Å². The third-order valence-corrected chi connectivity index (χ3v) is 5.59. The number of nitrogens with zero attached hydrogens (tertiary/aromatic N) is 2. The van der Waals surface area contributed by atoms with Crippen LogP contribution in [-0.2, 0) is 15.6 Å². The van der Waals surface area contributed by atoms with Gasteiger partial charge in [-0.1, -0.05) is 17.7 Å². The first kappa shape index (κ1) is 17.8. The minimum atomic E-state index is -3.74. The van der Waals surface area contributed by atoms with E-state index in [1.54, 1.807) is 36.7 Å². The average Bonchev–Trinajstić information content (AvgIpc) is 2.69. The molecule has 23 heavy (non-hydrogen) atoms. The van der Waals surface area contributed by atoms with Gasteiger partial charge in [-0.2, -0.15) is 5.10 Å². The van der Waals surface area contributed by atoms with E-state index in [-0.39, 0.29) is 10.4 Å². The van der Waals surface area contributed by atoms with Crippen LogP contribution >= 0.6 is 11.6 Å². The summed E-state index contributed by atoms with van der Waals surface area (Å²) in [4.78, 5) is 0.212. The summed E-state index contributed by atoms with van der Waals surface area (Å²) in [5.74, 6) is 0. The van der Waals surface area contributed by atoms with Crippen molar-refractivity contribution < 1.29 is 8.42 Å². The Kier molecular flexibility index (Phi) is 4.52. The fourth-order valence-corrected chi connectivity index (χ4v) is 4.16. The number of hydrogen-bond donors (Lipinski definition) is 1. The summed E-state index contributed by atoms with van der Waals surface area (Å²) in [5.41, 5.74) is 2.12. The van der Waals surface area contributed by atoms with E-state index in [1.165, 1.54) is 0 Å². The highest BCUT2D eigenvalue weighted by Crippen LogP contribution is 2.28. The van der Waals surface area contributed by atoms with Gasteiger partial charge in [0, 0.05) is 5.02 Å². The number of hydrogen-bond acceptors (Lipinski definition) is 3. The second kappa shape index (κ2) is 5.83. The topological polar surface area (TPSA) is 64.0 Å². The van der Waals surface area contributed by atoms with Crippen LogP contribution in [0.3, 0.4) is 0 Å².